The number of carbonyl (C=O) groups excluding carboxylic acids is 1. The highest BCUT2D eigenvalue weighted by Gasteiger charge is 2.19. The predicted octanol–water partition coefficient (Wildman–Crippen LogP) is 4.48. The van der Waals surface area contributed by atoms with Gasteiger partial charge < -0.3 is 9.47 Å². The molecule has 0 radical (unpaired) electrons. The zero-order chi connectivity index (χ0) is 21.1. The van der Waals surface area contributed by atoms with Gasteiger partial charge in [-0.25, -0.2) is 4.98 Å². The van der Waals surface area contributed by atoms with Gasteiger partial charge in [0.2, 0.25) is 0 Å². The van der Waals surface area contributed by atoms with E-state index >= 15 is 0 Å². The number of nitrogens with one attached hydrogen (secondary N) is 1. The molecule has 2 aromatic carbocycles. The molecule has 0 saturated carbocycles. The molecule has 4 aromatic rings. The second-order valence-corrected chi connectivity index (χ2v) is 7.29. The summed E-state index contributed by atoms with van der Waals surface area (Å²) in [6, 6.07) is 15.2. The fraction of sp³-hybridized carbons (Fsp3) is 0.136. The molecule has 0 bridgehead atoms. The Labute approximate surface area is 177 Å². The summed E-state index contributed by atoms with van der Waals surface area (Å²) in [7, 11) is 4.93. The zero-order valence-corrected chi connectivity index (χ0v) is 17.6. The van der Waals surface area contributed by atoms with E-state index in [1.807, 2.05) is 47.4 Å². The smallest absolute Gasteiger partial charge is 0.261 e. The third kappa shape index (κ3) is 3.65. The molecule has 1 amide bonds. The Morgan fingerprint density at radius 2 is 1.87 bits per heavy atom. The second-order valence-electron chi connectivity index (χ2n) is 6.43. The molecule has 0 atom stereocenters. The summed E-state index contributed by atoms with van der Waals surface area (Å²) in [6.45, 7) is 0. The van der Waals surface area contributed by atoms with E-state index in [1.54, 1.807) is 24.4 Å². The van der Waals surface area contributed by atoms with Gasteiger partial charge in [-0.1, -0.05) is 36.4 Å². The molecule has 0 saturated heterocycles. The largest absolute Gasteiger partial charge is 0.493 e. The maximum atomic E-state index is 12.8. The molecule has 7 nitrogen and oxygen atoms in total. The van der Waals surface area contributed by atoms with Crippen molar-refractivity contribution in [1.82, 2.24) is 14.8 Å². The number of methoxy groups -OCH3 is 2. The number of anilines is 1. The number of para-hydroxylation sites is 1. The van der Waals surface area contributed by atoms with Crippen molar-refractivity contribution in [3.05, 3.63) is 65.7 Å². The van der Waals surface area contributed by atoms with E-state index in [1.165, 1.54) is 25.6 Å². The van der Waals surface area contributed by atoms with Crippen LogP contribution in [0.3, 0.4) is 0 Å². The Balaban J connectivity index is 1.62. The van der Waals surface area contributed by atoms with Crippen molar-refractivity contribution in [1.29, 1.82) is 0 Å². The number of aryl methyl sites for hydroxylation is 1. The van der Waals surface area contributed by atoms with Gasteiger partial charge in [-0.3, -0.25) is 14.8 Å². The molecule has 8 heteroatoms. The van der Waals surface area contributed by atoms with Gasteiger partial charge >= 0.3 is 0 Å². The summed E-state index contributed by atoms with van der Waals surface area (Å²) in [4.78, 5) is 17.4. The first-order valence-electron chi connectivity index (χ1n) is 9.18. The van der Waals surface area contributed by atoms with E-state index in [9.17, 15) is 4.79 Å². The molecular formula is C22H20N4O3S. The summed E-state index contributed by atoms with van der Waals surface area (Å²) in [6.07, 6.45) is 1.79. The quantitative estimate of drug-likeness (QED) is 0.498. The topological polar surface area (TPSA) is 78.3 Å². The normalized spacial score (nSPS) is 10.6. The first-order chi connectivity index (χ1) is 14.6. The molecule has 152 valence electrons. The van der Waals surface area contributed by atoms with Crippen molar-refractivity contribution in [2.45, 2.75) is 0 Å². The van der Waals surface area contributed by atoms with Crippen LogP contribution in [0.5, 0.6) is 11.5 Å². The average Bonchev–Trinajstić information content (AvgIpc) is 3.39. The summed E-state index contributed by atoms with van der Waals surface area (Å²) in [5, 5.41) is 9.63. The SMILES string of the molecule is COc1cccc(C(=O)Nc2nc(-c3cnn(C)c3-c3ccccc3)cs2)c1OC. The fourth-order valence-corrected chi connectivity index (χ4v) is 3.95. The maximum absolute atomic E-state index is 12.8. The molecule has 0 fully saturated rings. The Kier molecular flexibility index (Phi) is 5.49. The molecule has 2 heterocycles. The fourth-order valence-electron chi connectivity index (χ4n) is 3.25. The molecule has 30 heavy (non-hydrogen) atoms. The van der Waals surface area contributed by atoms with Crippen molar-refractivity contribution >= 4 is 22.4 Å². The van der Waals surface area contributed by atoms with Crippen LogP contribution in [0.1, 0.15) is 10.4 Å². The summed E-state index contributed by atoms with van der Waals surface area (Å²) < 4.78 is 12.4. The monoisotopic (exact) mass is 420 g/mol. The van der Waals surface area contributed by atoms with E-state index < -0.39 is 0 Å². The highest BCUT2D eigenvalue weighted by atomic mass is 32.1. The number of hydrogen-bond donors (Lipinski definition) is 1. The van der Waals surface area contributed by atoms with Gasteiger partial charge in [-0.2, -0.15) is 5.10 Å². The molecule has 4 rings (SSSR count). The Morgan fingerprint density at radius 3 is 2.60 bits per heavy atom. The van der Waals surface area contributed by atoms with Gasteiger partial charge in [0.05, 0.1) is 37.4 Å². The predicted molar refractivity (Wildman–Crippen MR) is 117 cm³/mol. The van der Waals surface area contributed by atoms with Crippen LogP contribution in [0, 0.1) is 0 Å². The van der Waals surface area contributed by atoms with E-state index in [-0.39, 0.29) is 5.91 Å². The third-order valence-electron chi connectivity index (χ3n) is 4.63. The lowest BCUT2D eigenvalue weighted by molar-refractivity contribution is 0.102. The number of ether oxygens (including phenoxy) is 2. The van der Waals surface area contributed by atoms with E-state index in [0.717, 1.165) is 22.5 Å². The number of aromatic nitrogens is 3. The number of thiazole rings is 1. The third-order valence-corrected chi connectivity index (χ3v) is 5.39. The second kappa shape index (κ2) is 8.38. The molecular weight excluding hydrogens is 400 g/mol. The van der Waals surface area contributed by atoms with Crippen LogP contribution < -0.4 is 14.8 Å². The van der Waals surface area contributed by atoms with Crippen LogP contribution in [0.4, 0.5) is 5.13 Å². The number of amides is 1. The van der Waals surface area contributed by atoms with Crippen LogP contribution >= 0.6 is 11.3 Å². The van der Waals surface area contributed by atoms with Gasteiger partial charge in [0.1, 0.15) is 0 Å². The van der Waals surface area contributed by atoms with Gasteiger partial charge in [0.25, 0.3) is 5.91 Å². The van der Waals surface area contributed by atoms with E-state index in [0.29, 0.717) is 22.2 Å². The van der Waals surface area contributed by atoms with Gasteiger partial charge in [0, 0.05) is 23.6 Å². The summed E-state index contributed by atoms with van der Waals surface area (Å²) in [5.41, 5.74) is 4.04. The van der Waals surface area contributed by atoms with Gasteiger partial charge in [0.15, 0.2) is 16.6 Å². The standard InChI is InChI=1S/C22H20N4O3S/c1-26-19(14-8-5-4-6-9-14)16(12-23-26)17-13-30-22(24-17)25-21(27)15-10-7-11-18(28-2)20(15)29-3/h4-13H,1-3H3,(H,24,25,27). The number of rotatable bonds is 6. The molecule has 0 aliphatic carbocycles. The Hall–Kier alpha value is -3.65. The molecule has 1 N–H and O–H groups in total. The van der Waals surface area contributed by atoms with Crippen LogP contribution in [0.25, 0.3) is 22.5 Å². The van der Waals surface area contributed by atoms with E-state index in [4.69, 9.17) is 9.47 Å². The van der Waals surface area contributed by atoms with Crippen LogP contribution in [0.2, 0.25) is 0 Å². The summed E-state index contributed by atoms with van der Waals surface area (Å²) >= 11 is 1.35. The lowest BCUT2D eigenvalue weighted by atomic mass is 10.1. The first kappa shape index (κ1) is 19.7. The minimum atomic E-state index is -0.318. The molecule has 0 aliphatic heterocycles. The van der Waals surface area contributed by atoms with Crippen molar-refractivity contribution < 1.29 is 14.3 Å². The van der Waals surface area contributed by atoms with Crippen LogP contribution in [-0.4, -0.2) is 34.9 Å². The number of carbonyl (C=O) groups is 1. The molecule has 2 aromatic heterocycles. The number of benzene rings is 2. The van der Waals surface area contributed by atoms with Crippen molar-refractivity contribution in [3.63, 3.8) is 0 Å². The highest BCUT2D eigenvalue weighted by molar-refractivity contribution is 7.14. The molecule has 0 aliphatic rings. The first-order valence-corrected chi connectivity index (χ1v) is 10.1. The number of hydrogen-bond acceptors (Lipinski definition) is 6. The van der Waals surface area contributed by atoms with Crippen molar-refractivity contribution in [2.24, 2.45) is 7.05 Å². The maximum Gasteiger partial charge on any atom is 0.261 e. The Morgan fingerprint density at radius 1 is 1.07 bits per heavy atom. The van der Waals surface area contributed by atoms with E-state index in [2.05, 4.69) is 15.4 Å². The number of nitrogens with zero attached hydrogens (tertiary/aromatic N) is 3. The minimum absolute atomic E-state index is 0.318. The zero-order valence-electron chi connectivity index (χ0n) is 16.7. The summed E-state index contributed by atoms with van der Waals surface area (Å²) in [5.74, 6) is 0.557. The average molecular weight is 420 g/mol. The highest BCUT2D eigenvalue weighted by Crippen LogP contribution is 2.34. The van der Waals surface area contributed by atoms with Crippen molar-refractivity contribution in [2.75, 3.05) is 19.5 Å². The van der Waals surface area contributed by atoms with Crippen LogP contribution in [-0.2, 0) is 7.05 Å². The Bertz CT molecular complexity index is 1180. The van der Waals surface area contributed by atoms with Crippen LogP contribution in [0.15, 0.2) is 60.1 Å². The van der Waals surface area contributed by atoms with Gasteiger partial charge in [-0.05, 0) is 12.1 Å². The molecule has 0 unspecified atom stereocenters. The van der Waals surface area contributed by atoms with Crippen molar-refractivity contribution in [3.8, 4) is 34.0 Å². The van der Waals surface area contributed by atoms with Gasteiger partial charge in [-0.15, -0.1) is 11.3 Å². The minimum Gasteiger partial charge on any atom is -0.493 e. The lowest BCUT2D eigenvalue weighted by Gasteiger charge is -2.11. The molecule has 0 spiro atoms. The lowest BCUT2D eigenvalue weighted by Crippen LogP contribution is -2.13.